The molecule has 1 heterocycles. The topological polar surface area (TPSA) is 72.6 Å². The van der Waals surface area contributed by atoms with Gasteiger partial charge in [0.05, 0.1) is 0 Å². The number of dihydropyridines is 1. The lowest BCUT2D eigenvalue weighted by Gasteiger charge is -2.00. The number of allylic oxidation sites excluding steroid dienone is 1. The van der Waals surface area contributed by atoms with Gasteiger partial charge in [0.2, 0.25) is 0 Å². The molecule has 1 amide bonds. The van der Waals surface area contributed by atoms with Crippen molar-refractivity contribution in [1.29, 1.82) is 0 Å². The van der Waals surface area contributed by atoms with Crippen LogP contribution in [0.3, 0.4) is 0 Å². The number of amides is 1. The van der Waals surface area contributed by atoms with Crippen molar-refractivity contribution >= 4 is 12.1 Å². The second kappa shape index (κ2) is 2.38. The van der Waals surface area contributed by atoms with Gasteiger partial charge in [0.1, 0.15) is 0 Å². The van der Waals surface area contributed by atoms with E-state index in [-0.39, 0.29) is 0 Å². The minimum absolute atomic E-state index is 0.671. The van der Waals surface area contributed by atoms with Gasteiger partial charge in [0.15, 0.2) is 0 Å². The van der Waals surface area contributed by atoms with Gasteiger partial charge in [-0.2, -0.15) is 0 Å². The maximum absolute atomic E-state index is 10.5. The second-order valence-corrected chi connectivity index (χ2v) is 1.73. The zero-order valence-corrected chi connectivity index (χ0v) is 4.93. The number of hydrogen-bond acceptors (Lipinski definition) is 3. The van der Waals surface area contributed by atoms with Crippen LogP contribution in [0.5, 0.6) is 0 Å². The van der Waals surface area contributed by atoms with Crippen LogP contribution in [0, 0.1) is 10.1 Å². The molecule has 0 saturated carbocycles. The molecule has 1 rings (SSSR count). The molecule has 0 aromatic rings. The van der Waals surface area contributed by atoms with Crippen molar-refractivity contribution in [2.24, 2.45) is 4.99 Å². The quantitative estimate of drug-likeness (QED) is 0.374. The van der Waals surface area contributed by atoms with Crippen molar-refractivity contribution in [3.63, 3.8) is 0 Å². The van der Waals surface area contributed by atoms with Crippen LogP contribution in [0.4, 0.5) is 0 Å². The predicted molar refractivity (Wildman–Crippen MR) is 33.4 cm³/mol. The minimum atomic E-state index is -1.27. The Morgan fingerprint density at radius 2 is 2.40 bits per heavy atom. The van der Waals surface area contributed by atoms with Gasteiger partial charge in [0, 0.05) is 17.2 Å². The number of aliphatic imine (C=N–C) groups is 1. The maximum Gasteiger partial charge on any atom is 0.324 e. The Balaban J connectivity index is 2.80. The van der Waals surface area contributed by atoms with E-state index in [1.54, 1.807) is 0 Å². The van der Waals surface area contributed by atoms with Crippen molar-refractivity contribution in [3.05, 3.63) is 22.3 Å². The van der Waals surface area contributed by atoms with Crippen LogP contribution in [0.1, 0.15) is 0 Å². The zero-order valence-electron chi connectivity index (χ0n) is 4.93. The van der Waals surface area contributed by atoms with Gasteiger partial charge in [-0.15, -0.1) is 0 Å². The van der Waals surface area contributed by atoms with Crippen LogP contribution in [0.25, 0.3) is 0 Å². The van der Waals surface area contributed by atoms with Crippen LogP contribution in [-0.4, -0.2) is 23.1 Å². The van der Waals surface area contributed by atoms with E-state index in [1.165, 1.54) is 18.4 Å². The van der Waals surface area contributed by atoms with E-state index in [4.69, 9.17) is 0 Å². The van der Waals surface area contributed by atoms with E-state index in [0.29, 0.717) is 0 Å². The number of nitro groups is 1. The van der Waals surface area contributed by atoms with Crippen molar-refractivity contribution in [2.75, 3.05) is 0 Å². The lowest BCUT2D eigenvalue weighted by Crippen LogP contribution is -2.27. The largest absolute Gasteiger partial charge is 0.324 e. The first-order chi connectivity index (χ1) is 4.72. The smallest absolute Gasteiger partial charge is 0.264 e. The standard InChI is InChI=1S/C5H4N2O3/c8-5-4(7(9)10)2-1-3-6-5/h1-4H. The van der Waals surface area contributed by atoms with Gasteiger partial charge in [-0.3, -0.25) is 14.9 Å². The molecule has 1 aliphatic heterocycles. The van der Waals surface area contributed by atoms with E-state index in [1.807, 2.05) is 0 Å². The third-order valence-corrected chi connectivity index (χ3v) is 1.06. The molecule has 1 unspecified atom stereocenters. The van der Waals surface area contributed by atoms with Gasteiger partial charge >= 0.3 is 11.9 Å². The Morgan fingerprint density at radius 3 is 2.80 bits per heavy atom. The fourth-order valence-electron chi connectivity index (χ4n) is 0.591. The molecular formula is C5H4N2O3. The summed E-state index contributed by atoms with van der Waals surface area (Å²) in [6, 6.07) is -1.27. The lowest BCUT2D eigenvalue weighted by atomic mass is 10.2. The molecule has 0 radical (unpaired) electrons. The molecule has 0 N–H and O–H groups in total. The Hall–Kier alpha value is -1.52. The highest BCUT2D eigenvalue weighted by Gasteiger charge is 2.26. The summed E-state index contributed by atoms with van der Waals surface area (Å²) in [6.07, 6.45) is 3.83. The third kappa shape index (κ3) is 1.07. The van der Waals surface area contributed by atoms with E-state index >= 15 is 0 Å². The average molecular weight is 140 g/mol. The number of nitrogens with zero attached hydrogens (tertiary/aromatic N) is 2. The summed E-state index contributed by atoms with van der Waals surface area (Å²) in [5.74, 6) is -0.715. The monoisotopic (exact) mass is 140 g/mol. The predicted octanol–water partition coefficient (Wildman–Crippen LogP) is -0.201. The van der Waals surface area contributed by atoms with E-state index < -0.39 is 16.9 Å². The Kier molecular flexibility index (Phi) is 1.57. The SMILES string of the molecule is O=C1N=CC=CC1[N+](=O)[O-]. The summed E-state index contributed by atoms with van der Waals surface area (Å²) >= 11 is 0. The maximum atomic E-state index is 10.5. The van der Waals surface area contributed by atoms with E-state index in [0.717, 1.165) is 0 Å². The van der Waals surface area contributed by atoms with Crippen LogP contribution in [0.15, 0.2) is 17.1 Å². The summed E-state index contributed by atoms with van der Waals surface area (Å²) in [5, 5.41) is 10.0. The molecule has 1 atom stereocenters. The van der Waals surface area contributed by atoms with Crippen LogP contribution < -0.4 is 0 Å². The fraction of sp³-hybridized carbons (Fsp3) is 0.200. The van der Waals surface area contributed by atoms with E-state index in [9.17, 15) is 14.9 Å². The summed E-state index contributed by atoms with van der Waals surface area (Å²) in [4.78, 5) is 23.1. The summed E-state index contributed by atoms with van der Waals surface area (Å²) in [6.45, 7) is 0. The molecule has 0 aliphatic carbocycles. The van der Waals surface area contributed by atoms with Gasteiger partial charge < -0.3 is 0 Å². The normalized spacial score (nSPS) is 23.2. The first-order valence-corrected chi connectivity index (χ1v) is 2.60. The molecule has 0 aromatic carbocycles. The molecule has 5 heteroatoms. The molecule has 0 aromatic heterocycles. The molecule has 5 nitrogen and oxygen atoms in total. The highest BCUT2D eigenvalue weighted by molar-refractivity contribution is 5.95. The molecule has 1 aliphatic rings. The Bertz CT molecular complexity index is 231. The fourth-order valence-corrected chi connectivity index (χ4v) is 0.591. The number of carbonyl (C=O) groups excluding carboxylic acids is 1. The molecule has 0 fully saturated rings. The first-order valence-electron chi connectivity index (χ1n) is 2.60. The zero-order chi connectivity index (χ0) is 7.56. The lowest BCUT2D eigenvalue weighted by molar-refractivity contribution is -0.494. The third-order valence-electron chi connectivity index (χ3n) is 1.06. The van der Waals surface area contributed by atoms with Crippen LogP contribution >= 0.6 is 0 Å². The molecule has 52 valence electrons. The van der Waals surface area contributed by atoms with Gasteiger partial charge in [-0.05, 0) is 6.08 Å². The number of hydrogen-bond donors (Lipinski definition) is 0. The number of carbonyl (C=O) groups is 1. The van der Waals surface area contributed by atoms with Crippen LogP contribution in [0.2, 0.25) is 0 Å². The average Bonchev–Trinajstić information content (AvgIpc) is 1.88. The number of rotatable bonds is 1. The Labute approximate surface area is 56.2 Å². The molecule has 10 heavy (non-hydrogen) atoms. The van der Waals surface area contributed by atoms with Gasteiger partial charge in [0.25, 0.3) is 0 Å². The highest BCUT2D eigenvalue weighted by Crippen LogP contribution is 1.99. The van der Waals surface area contributed by atoms with Gasteiger partial charge in [-0.1, -0.05) is 0 Å². The molecule has 0 spiro atoms. The van der Waals surface area contributed by atoms with Crippen molar-refractivity contribution in [2.45, 2.75) is 6.04 Å². The van der Waals surface area contributed by atoms with Gasteiger partial charge in [-0.25, -0.2) is 4.99 Å². The molecule has 0 saturated heterocycles. The van der Waals surface area contributed by atoms with Crippen molar-refractivity contribution in [3.8, 4) is 0 Å². The minimum Gasteiger partial charge on any atom is -0.264 e. The Morgan fingerprint density at radius 1 is 1.70 bits per heavy atom. The van der Waals surface area contributed by atoms with E-state index in [2.05, 4.69) is 4.99 Å². The second-order valence-electron chi connectivity index (χ2n) is 1.73. The summed E-state index contributed by atoms with van der Waals surface area (Å²) in [7, 11) is 0. The molecular weight excluding hydrogens is 136 g/mol. The summed E-state index contributed by atoms with van der Waals surface area (Å²) in [5.41, 5.74) is 0. The van der Waals surface area contributed by atoms with Crippen molar-refractivity contribution < 1.29 is 9.72 Å². The van der Waals surface area contributed by atoms with Crippen LogP contribution in [-0.2, 0) is 4.79 Å². The summed E-state index contributed by atoms with van der Waals surface area (Å²) < 4.78 is 0. The first kappa shape index (κ1) is 6.60. The highest BCUT2D eigenvalue weighted by atomic mass is 16.6. The molecule has 0 bridgehead atoms. The van der Waals surface area contributed by atoms with Crippen molar-refractivity contribution in [1.82, 2.24) is 0 Å².